The van der Waals surface area contributed by atoms with Crippen molar-refractivity contribution >= 4 is 17.9 Å². The van der Waals surface area contributed by atoms with Gasteiger partial charge in [-0.15, -0.1) is 0 Å². The molecule has 21 heavy (non-hydrogen) atoms. The highest BCUT2D eigenvalue weighted by molar-refractivity contribution is 5.87. The number of rotatable bonds is 6. The maximum atomic E-state index is 11.6. The second-order valence-corrected chi connectivity index (χ2v) is 4.45. The molecule has 7 heteroatoms. The van der Waals surface area contributed by atoms with Gasteiger partial charge in [-0.3, -0.25) is 4.79 Å². The molecule has 3 amide bonds. The fourth-order valence-electron chi connectivity index (χ4n) is 1.59. The molecule has 1 rings (SSSR count). The van der Waals surface area contributed by atoms with Crippen LogP contribution in [0.2, 0.25) is 0 Å². The van der Waals surface area contributed by atoms with Gasteiger partial charge in [-0.2, -0.15) is 0 Å². The van der Waals surface area contributed by atoms with Crippen molar-refractivity contribution in [1.82, 2.24) is 16.0 Å². The summed E-state index contributed by atoms with van der Waals surface area (Å²) >= 11 is 0. The third-order valence-corrected chi connectivity index (χ3v) is 2.75. The number of carboxylic acids is 1. The van der Waals surface area contributed by atoms with Crippen molar-refractivity contribution in [2.24, 2.45) is 0 Å². The molecule has 114 valence electrons. The summed E-state index contributed by atoms with van der Waals surface area (Å²) in [6, 6.07) is 5.09. The summed E-state index contributed by atoms with van der Waals surface area (Å²) in [5.74, 6) is -1.25. The van der Waals surface area contributed by atoms with Crippen molar-refractivity contribution in [1.29, 1.82) is 0 Å². The van der Waals surface area contributed by atoms with Crippen molar-refractivity contribution < 1.29 is 19.5 Å². The van der Waals surface area contributed by atoms with Gasteiger partial charge in [0.1, 0.15) is 6.04 Å². The molecule has 0 aromatic heterocycles. The van der Waals surface area contributed by atoms with Crippen LogP contribution in [-0.4, -0.2) is 35.6 Å². The average Bonchev–Trinajstić information content (AvgIpc) is 2.45. The normalized spacial score (nSPS) is 11.3. The van der Waals surface area contributed by atoms with Crippen LogP contribution in [0.5, 0.6) is 0 Å². The molecule has 0 bridgehead atoms. The van der Waals surface area contributed by atoms with Gasteiger partial charge in [0.2, 0.25) is 5.91 Å². The summed E-state index contributed by atoms with van der Waals surface area (Å²) in [6.45, 7) is 4.13. The lowest BCUT2D eigenvalue weighted by Gasteiger charge is -2.14. The van der Waals surface area contributed by atoms with Crippen molar-refractivity contribution in [3.05, 3.63) is 35.4 Å². The molecular weight excluding hydrogens is 274 g/mol. The van der Waals surface area contributed by atoms with Gasteiger partial charge in [-0.1, -0.05) is 12.1 Å². The second-order valence-electron chi connectivity index (χ2n) is 4.45. The van der Waals surface area contributed by atoms with Crippen LogP contribution >= 0.6 is 0 Å². The molecule has 0 aliphatic heterocycles. The van der Waals surface area contributed by atoms with Crippen LogP contribution in [0.15, 0.2) is 24.3 Å². The van der Waals surface area contributed by atoms with E-state index in [1.165, 1.54) is 12.1 Å². The number of carbonyl (C=O) groups is 3. The van der Waals surface area contributed by atoms with Crippen molar-refractivity contribution in [3.63, 3.8) is 0 Å². The molecule has 0 aliphatic rings. The molecular formula is C14H19N3O4. The predicted octanol–water partition coefficient (Wildman–Crippen LogP) is 0.709. The van der Waals surface area contributed by atoms with Crippen molar-refractivity contribution in [3.8, 4) is 0 Å². The van der Waals surface area contributed by atoms with Gasteiger partial charge < -0.3 is 21.1 Å². The van der Waals surface area contributed by atoms with Gasteiger partial charge in [0, 0.05) is 13.1 Å². The zero-order valence-corrected chi connectivity index (χ0v) is 12.0. The molecule has 1 unspecified atom stereocenters. The quantitative estimate of drug-likeness (QED) is 0.619. The van der Waals surface area contributed by atoms with E-state index in [0.717, 1.165) is 5.56 Å². The minimum atomic E-state index is -0.997. The Morgan fingerprint density at radius 3 is 2.29 bits per heavy atom. The number of hydrogen-bond acceptors (Lipinski definition) is 3. The van der Waals surface area contributed by atoms with Crippen LogP contribution in [0.1, 0.15) is 29.8 Å². The van der Waals surface area contributed by atoms with Gasteiger partial charge in [0.05, 0.1) is 5.56 Å². The molecule has 0 saturated heterocycles. The predicted molar refractivity (Wildman–Crippen MR) is 76.9 cm³/mol. The van der Waals surface area contributed by atoms with E-state index < -0.39 is 18.0 Å². The maximum Gasteiger partial charge on any atom is 0.335 e. The van der Waals surface area contributed by atoms with Gasteiger partial charge in [0.25, 0.3) is 0 Å². The minimum Gasteiger partial charge on any atom is -0.478 e. The standard InChI is InChI=1S/C14H19N3O4/c1-3-15-12(18)9(2)17-14(21)16-8-10-4-6-11(7-5-10)13(19)20/h4-7,9H,3,8H2,1-2H3,(H,15,18)(H,19,20)(H2,16,17,21). The molecule has 0 aliphatic carbocycles. The van der Waals surface area contributed by atoms with Crippen LogP contribution in [0.3, 0.4) is 0 Å². The summed E-state index contributed by atoms with van der Waals surface area (Å²) in [7, 11) is 0. The largest absolute Gasteiger partial charge is 0.478 e. The fourth-order valence-corrected chi connectivity index (χ4v) is 1.59. The lowest BCUT2D eigenvalue weighted by Crippen LogP contribution is -2.48. The SMILES string of the molecule is CCNC(=O)C(C)NC(=O)NCc1ccc(C(=O)O)cc1. The van der Waals surface area contributed by atoms with Crippen LogP contribution in [0.4, 0.5) is 4.79 Å². The number of urea groups is 1. The number of carboxylic acid groups (broad SMARTS) is 1. The maximum absolute atomic E-state index is 11.6. The number of hydrogen-bond donors (Lipinski definition) is 4. The molecule has 0 fully saturated rings. The highest BCUT2D eigenvalue weighted by Gasteiger charge is 2.14. The first-order chi connectivity index (χ1) is 9.93. The summed E-state index contributed by atoms with van der Waals surface area (Å²) in [5, 5.41) is 16.5. The Labute approximate surface area is 122 Å². The number of benzene rings is 1. The van der Waals surface area contributed by atoms with E-state index in [9.17, 15) is 14.4 Å². The third-order valence-electron chi connectivity index (χ3n) is 2.75. The minimum absolute atomic E-state index is 0.188. The first-order valence-corrected chi connectivity index (χ1v) is 6.58. The van der Waals surface area contributed by atoms with E-state index in [0.29, 0.717) is 6.54 Å². The average molecular weight is 293 g/mol. The van der Waals surface area contributed by atoms with Crippen LogP contribution in [0.25, 0.3) is 0 Å². The Balaban J connectivity index is 2.42. The van der Waals surface area contributed by atoms with E-state index in [4.69, 9.17) is 5.11 Å². The van der Waals surface area contributed by atoms with Crippen LogP contribution in [0, 0.1) is 0 Å². The fraction of sp³-hybridized carbons (Fsp3) is 0.357. The van der Waals surface area contributed by atoms with Crippen molar-refractivity contribution in [2.75, 3.05) is 6.54 Å². The lowest BCUT2D eigenvalue weighted by atomic mass is 10.1. The number of carbonyl (C=O) groups excluding carboxylic acids is 2. The van der Waals surface area contributed by atoms with Crippen LogP contribution in [-0.2, 0) is 11.3 Å². The van der Waals surface area contributed by atoms with Crippen LogP contribution < -0.4 is 16.0 Å². The van der Waals surface area contributed by atoms with Gasteiger partial charge in [-0.05, 0) is 31.5 Å². The van der Waals surface area contributed by atoms with E-state index in [1.54, 1.807) is 26.0 Å². The second kappa shape index (κ2) is 7.88. The molecule has 1 aromatic carbocycles. The summed E-state index contributed by atoms with van der Waals surface area (Å²) in [5.41, 5.74) is 0.953. The topological polar surface area (TPSA) is 108 Å². The van der Waals surface area contributed by atoms with Gasteiger partial charge in [0.15, 0.2) is 0 Å². The zero-order chi connectivity index (χ0) is 15.8. The summed E-state index contributed by atoms with van der Waals surface area (Å²) in [4.78, 5) is 33.8. The number of likely N-dealkylation sites (N-methyl/N-ethyl adjacent to an activating group) is 1. The molecule has 0 spiro atoms. The molecule has 0 radical (unpaired) electrons. The van der Waals surface area contributed by atoms with E-state index in [1.807, 2.05) is 0 Å². The first kappa shape index (κ1) is 16.5. The smallest absolute Gasteiger partial charge is 0.335 e. The molecule has 0 saturated carbocycles. The molecule has 0 heterocycles. The Hall–Kier alpha value is -2.57. The monoisotopic (exact) mass is 293 g/mol. The highest BCUT2D eigenvalue weighted by Crippen LogP contribution is 2.04. The molecule has 7 nitrogen and oxygen atoms in total. The Morgan fingerprint density at radius 2 is 1.76 bits per heavy atom. The Bertz CT molecular complexity index is 513. The lowest BCUT2D eigenvalue weighted by molar-refractivity contribution is -0.122. The molecule has 4 N–H and O–H groups in total. The first-order valence-electron chi connectivity index (χ1n) is 6.58. The molecule has 1 atom stereocenters. The number of nitrogens with one attached hydrogen (secondary N) is 3. The highest BCUT2D eigenvalue weighted by atomic mass is 16.4. The van der Waals surface area contributed by atoms with Crippen molar-refractivity contribution in [2.45, 2.75) is 26.4 Å². The Morgan fingerprint density at radius 1 is 1.14 bits per heavy atom. The van der Waals surface area contributed by atoms with E-state index in [-0.39, 0.29) is 18.0 Å². The van der Waals surface area contributed by atoms with Gasteiger partial charge in [-0.25, -0.2) is 9.59 Å². The summed E-state index contributed by atoms with van der Waals surface area (Å²) in [6.07, 6.45) is 0. The Kier molecular flexibility index (Phi) is 6.19. The van der Waals surface area contributed by atoms with Gasteiger partial charge >= 0.3 is 12.0 Å². The number of aromatic carboxylic acids is 1. The van der Waals surface area contributed by atoms with E-state index in [2.05, 4.69) is 16.0 Å². The van der Waals surface area contributed by atoms with E-state index >= 15 is 0 Å². The number of amides is 3. The summed E-state index contributed by atoms with van der Waals surface area (Å²) < 4.78 is 0. The third kappa shape index (κ3) is 5.52. The zero-order valence-electron chi connectivity index (χ0n) is 12.0. The molecule has 1 aromatic rings.